The molecule has 1 heterocycles. The molecule has 7 heteroatoms. The molecule has 0 bridgehead atoms. The fourth-order valence-electron chi connectivity index (χ4n) is 3.65. The van der Waals surface area contributed by atoms with Gasteiger partial charge in [0.1, 0.15) is 8.80 Å². The van der Waals surface area contributed by atoms with Gasteiger partial charge in [-0.25, -0.2) is 8.78 Å². The molecule has 0 saturated heterocycles. The molecule has 0 nitrogen and oxygen atoms in total. The van der Waals surface area contributed by atoms with Crippen LogP contribution < -0.4 is 10.4 Å². The number of rotatable bonds is 6. The van der Waals surface area contributed by atoms with E-state index < -0.39 is 32.5 Å². The smallest absolute Gasteiger partial charge is 0.210 e. The lowest BCUT2D eigenvalue weighted by molar-refractivity contribution is -0.137. The van der Waals surface area contributed by atoms with Crippen LogP contribution in [-0.2, 0) is 6.18 Å². The van der Waals surface area contributed by atoms with Crippen LogP contribution >= 0.6 is 11.3 Å². The summed E-state index contributed by atoms with van der Waals surface area (Å²) in [5, 5.41) is 1.77. The first kappa shape index (κ1) is 22.4. The van der Waals surface area contributed by atoms with Gasteiger partial charge >= 0.3 is 6.18 Å². The first-order chi connectivity index (χ1) is 15.3. The summed E-state index contributed by atoms with van der Waals surface area (Å²) in [6.07, 6.45) is -6.99. The summed E-state index contributed by atoms with van der Waals surface area (Å²) in [6.45, 7) is 0. The Labute approximate surface area is 188 Å². The molecule has 163 valence electrons. The molecule has 0 saturated carbocycles. The third-order valence-corrected chi connectivity index (χ3v) is 9.68. The second kappa shape index (κ2) is 9.38. The van der Waals surface area contributed by atoms with Crippen LogP contribution in [0.4, 0.5) is 22.0 Å². The summed E-state index contributed by atoms with van der Waals surface area (Å²) in [6, 6.07) is 26.9. The average molecular weight is 474 g/mol. The Morgan fingerprint density at radius 2 is 1.19 bits per heavy atom. The number of halogens is 5. The molecule has 32 heavy (non-hydrogen) atoms. The Bertz CT molecular complexity index is 1100. The second-order valence-corrected chi connectivity index (χ2v) is 11.0. The van der Waals surface area contributed by atoms with Gasteiger partial charge < -0.3 is 0 Å². The maximum atomic E-state index is 14.5. The van der Waals surface area contributed by atoms with E-state index in [4.69, 9.17) is 0 Å². The van der Waals surface area contributed by atoms with Crippen LogP contribution in [0.15, 0.2) is 97.1 Å². The van der Waals surface area contributed by atoms with Gasteiger partial charge in [0.2, 0.25) is 6.43 Å². The Morgan fingerprint density at radius 1 is 0.656 bits per heavy atom. The quantitative estimate of drug-likeness (QED) is 0.218. The molecule has 1 radical (unpaired) electrons. The van der Waals surface area contributed by atoms with Crippen LogP contribution in [-0.4, -0.2) is 15.2 Å². The molecule has 0 aliphatic carbocycles. The Balaban J connectivity index is 1.73. The predicted octanol–water partition coefficient (Wildman–Crippen LogP) is 6.63. The fraction of sp³-hybridized carbons (Fsp3) is 0.120. The molecule has 0 spiro atoms. The number of benzene rings is 3. The summed E-state index contributed by atoms with van der Waals surface area (Å²) in [4.78, 5) is 1.21. The molecule has 4 rings (SSSR count). The van der Waals surface area contributed by atoms with Crippen molar-refractivity contribution in [2.24, 2.45) is 0 Å². The van der Waals surface area contributed by atoms with Crippen molar-refractivity contribution in [3.05, 3.63) is 108 Å². The van der Waals surface area contributed by atoms with Crippen molar-refractivity contribution >= 4 is 30.5 Å². The van der Waals surface area contributed by atoms with E-state index in [2.05, 4.69) is 0 Å². The van der Waals surface area contributed by atoms with Crippen LogP contribution in [0.1, 0.15) is 16.0 Å². The van der Waals surface area contributed by atoms with Crippen molar-refractivity contribution in [2.75, 3.05) is 0 Å². The standard InChI is InChI=1S/C25H18F5SSi/c26-24(27)23(32(19-7-3-1-4-8-19)20-9-5-2-6-10-20)22-16-15-21(31-22)17-11-13-18(14-12-17)25(28,29)30/h1-16,23-24H/t23-/m0/s1. The Kier molecular flexibility index (Phi) is 6.57. The highest BCUT2D eigenvalue weighted by Gasteiger charge is 2.36. The van der Waals surface area contributed by atoms with Crippen LogP contribution in [0.25, 0.3) is 10.4 Å². The van der Waals surface area contributed by atoms with Crippen molar-refractivity contribution in [3.8, 4) is 10.4 Å². The van der Waals surface area contributed by atoms with Gasteiger partial charge in [-0.05, 0) is 29.8 Å². The van der Waals surface area contributed by atoms with Gasteiger partial charge in [-0.1, -0.05) is 83.2 Å². The summed E-state index contributed by atoms with van der Waals surface area (Å²) in [7, 11) is -1.87. The van der Waals surface area contributed by atoms with E-state index in [0.29, 0.717) is 15.3 Å². The molecule has 3 aromatic carbocycles. The van der Waals surface area contributed by atoms with Crippen molar-refractivity contribution in [1.29, 1.82) is 0 Å². The molecule has 1 atom stereocenters. The lowest BCUT2D eigenvalue weighted by Gasteiger charge is -2.25. The van der Waals surface area contributed by atoms with Gasteiger partial charge in [0.05, 0.1) is 11.1 Å². The van der Waals surface area contributed by atoms with Gasteiger partial charge in [0, 0.05) is 9.75 Å². The topological polar surface area (TPSA) is 0 Å². The first-order valence-electron chi connectivity index (χ1n) is 9.88. The maximum Gasteiger partial charge on any atom is 0.416 e. The third kappa shape index (κ3) is 4.84. The molecule has 0 amide bonds. The zero-order chi connectivity index (χ0) is 22.7. The summed E-state index contributed by atoms with van der Waals surface area (Å²) in [5.41, 5.74) is -1.14. The zero-order valence-electron chi connectivity index (χ0n) is 16.7. The van der Waals surface area contributed by atoms with E-state index in [9.17, 15) is 22.0 Å². The molecule has 1 aromatic heterocycles. The van der Waals surface area contributed by atoms with Crippen LogP contribution in [0.2, 0.25) is 0 Å². The summed E-state index contributed by atoms with van der Waals surface area (Å²) in [5.74, 6) is 0. The molecule has 0 N–H and O–H groups in total. The first-order valence-corrected chi connectivity index (χ1v) is 12.3. The number of alkyl halides is 5. The number of thiophene rings is 1. The number of hydrogen-bond acceptors (Lipinski definition) is 1. The zero-order valence-corrected chi connectivity index (χ0v) is 18.5. The third-order valence-electron chi connectivity index (χ3n) is 5.16. The van der Waals surface area contributed by atoms with Crippen molar-refractivity contribution in [1.82, 2.24) is 0 Å². The van der Waals surface area contributed by atoms with E-state index in [0.717, 1.165) is 22.5 Å². The van der Waals surface area contributed by atoms with E-state index in [1.165, 1.54) is 23.5 Å². The SMILES string of the molecule is FC(F)[C@H](c1ccc(-c2ccc(C(F)(F)F)cc2)s1)[Si](c1ccccc1)c1ccccc1. The van der Waals surface area contributed by atoms with Gasteiger partial charge in [-0.15, -0.1) is 11.3 Å². The lowest BCUT2D eigenvalue weighted by atomic mass is 10.1. The Hall–Kier alpha value is -2.77. The monoisotopic (exact) mass is 473 g/mol. The Morgan fingerprint density at radius 3 is 1.66 bits per heavy atom. The van der Waals surface area contributed by atoms with E-state index in [1.54, 1.807) is 12.1 Å². The lowest BCUT2D eigenvalue weighted by Crippen LogP contribution is -2.49. The van der Waals surface area contributed by atoms with Crippen molar-refractivity contribution < 1.29 is 22.0 Å². The van der Waals surface area contributed by atoms with E-state index >= 15 is 0 Å². The highest BCUT2D eigenvalue weighted by molar-refractivity contribution is 7.16. The van der Waals surface area contributed by atoms with Crippen molar-refractivity contribution in [3.63, 3.8) is 0 Å². The van der Waals surface area contributed by atoms with Gasteiger partial charge in [-0.2, -0.15) is 13.2 Å². The van der Waals surface area contributed by atoms with E-state index in [-0.39, 0.29) is 0 Å². The molecular weight excluding hydrogens is 455 g/mol. The minimum absolute atomic E-state index is 0.538. The minimum Gasteiger partial charge on any atom is -0.210 e. The van der Waals surface area contributed by atoms with Gasteiger partial charge in [-0.3, -0.25) is 0 Å². The minimum atomic E-state index is -4.41. The molecule has 0 unspecified atom stereocenters. The van der Waals surface area contributed by atoms with E-state index in [1.807, 2.05) is 60.7 Å². The average Bonchev–Trinajstić information content (AvgIpc) is 3.27. The second-order valence-electron chi connectivity index (χ2n) is 7.23. The molecule has 4 aromatic rings. The van der Waals surface area contributed by atoms with Gasteiger partial charge in [0.15, 0.2) is 0 Å². The number of hydrogen-bond donors (Lipinski definition) is 0. The normalized spacial score (nSPS) is 13.0. The summed E-state index contributed by atoms with van der Waals surface area (Å²) < 4.78 is 67.6. The van der Waals surface area contributed by atoms with Crippen LogP contribution in [0.5, 0.6) is 0 Å². The molecule has 0 fully saturated rings. The van der Waals surface area contributed by atoms with Crippen LogP contribution in [0, 0.1) is 0 Å². The summed E-state index contributed by atoms with van der Waals surface area (Å²) >= 11 is 1.22. The molecule has 0 aliphatic rings. The molecule has 0 aliphatic heterocycles. The highest BCUT2D eigenvalue weighted by atomic mass is 32.1. The van der Waals surface area contributed by atoms with Crippen LogP contribution in [0.3, 0.4) is 0 Å². The molecular formula is C25H18F5SSi. The maximum absolute atomic E-state index is 14.5. The highest BCUT2D eigenvalue weighted by Crippen LogP contribution is 2.37. The predicted molar refractivity (Wildman–Crippen MR) is 121 cm³/mol. The van der Waals surface area contributed by atoms with Crippen molar-refractivity contribution in [2.45, 2.75) is 18.1 Å². The fourth-order valence-corrected chi connectivity index (χ4v) is 7.98. The largest absolute Gasteiger partial charge is 0.416 e. The van der Waals surface area contributed by atoms with Gasteiger partial charge in [0.25, 0.3) is 0 Å².